The van der Waals surface area contributed by atoms with E-state index in [0.29, 0.717) is 5.92 Å². The lowest BCUT2D eigenvalue weighted by atomic mass is 9.87. The highest BCUT2D eigenvalue weighted by Gasteiger charge is 2.38. The molecule has 1 amide bonds. The molecule has 3 N–H and O–H groups in total. The number of hydrogen-bond acceptors (Lipinski definition) is 3. The van der Waals surface area contributed by atoms with Crippen molar-refractivity contribution < 1.29 is 9.53 Å². The number of likely N-dealkylation sites (N-methyl/N-ethyl adjacent to an activating group) is 1. The molecule has 2 rings (SSSR count). The van der Waals surface area contributed by atoms with E-state index in [9.17, 15) is 4.79 Å². The lowest BCUT2D eigenvalue weighted by molar-refractivity contribution is -0.129. The quantitative estimate of drug-likeness (QED) is 0.844. The van der Waals surface area contributed by atoms with E-state index >= 15 is 0 Å². The molecule has 0 bridgehead atoms. The van der Waals surface area contributed by atoms with Gasteiger partial charge in [0, 0.05) is 0 Å². The minimum absolute atomic E-state index is 0.226. The van der Waals surface area contributed by atoms with E-state index in [-0.39, 0.29) is 12.7 Å². The van der Waals surface area contributed by atoms with Crippen molar-refractivity contribution in [3.63, 3.8) is 0 Å². The number of primary amides is 1. The fourth-order valence-electron chi connectivity index (χ4n) is 3.13. The zero-order valence-electron chi connectivity index (χ0n) is 13.0. The summed E-state index contributed by atoms with van der Waals surface area (Å²) >= 11 is 0. The first-order valence-corrected chi connectivity index (χ1v) is 7.74. The lowest BCUT2D eigenvalue weighted by Crippen LogP contribution is -2.55. The van der Waals surface area contributed by atoms with Gasteiger partial charge in [-0.1, -0.05) is 50.1 Å². The highest BCUT2D eigenvalue weighted by molar-refractivity contribution is 5.86. The second-order valence-corrected chi connectivity index (χ2v) is 6.09. The van der Waals surface area contributed by atoms with Gasteiger partial charge in [0.1, 0.15) is 5.54 Å². The summed E-state index contributed by atoms with van der Waals surface area (Å²) in [6.07, 6.45) is 4.82. The monoisotopic (exact) mass is 290 g/mol. The maximum Gasteiger partial charge on any atom is 0.244 e. The van der Waals surface area contributed by atoms with Crippen LogP contribution < -0.4 is 11.1 Å². The molecule has 0 radical (unpaired) electrons. The zero-order valence-corrected chi connectivity index (χ0v) is 13.0. The second kappa shape index (κ2) is 7.05. The molecule has 3 unspecified atom stereocenters. The minimum Gasteiger partial charge on any atom is -0.375 e. The number of carbonyl (C=O) groups is 1. The smallest absolute Gasteiger partial charge is 0.244 e. The summed E-state index contributed by atoms with van der Waals surface area (Å²) in [5, 5.41) is 3.08. The molecular formula is C17H26N2O2. The first-order valence-electron chi connectivity index (χ1n) is 7.74. The van der Waals surface area contributed by atoms with Gasteiger partial charge in [0.15, 0.2) is 0 Å². The van der Waals surface area contributed by atoms with Gasteiger partial charge in [-0.3, -0.25) is 4.79 Å². The molecule has 0 spiro atoms. The van der Waals surface area contributed by atoms with Crippen molar-refractivity contribution in [3.05, 3.63) is 35.9 Å². The topological polar surface area (TPSA) is 64.3 Å². The molecule has 1 aliphatic carbocycles. The highest BCUT2D eigenvalue weighted by atomic mass is 16.5. The molecule has 21 heavy (non-hydrogen) atoms. The number of hydrogen-bond donors (Lipinski definition) is 2. The molecule has 0 saturated heterocycles. The first kappa shape index (κ1) is 16.0. The van der Waals surface area contributed by atoms with Crippen LogP contribution in [-0.4, -0.2) is 25.7 Å². The number of amides is 1. The first-order chi connectivity index (χ1) is 10.1. The molecule has 1 saturated carbocycles. The van der Waals surface area contributed by atoms with Gasteiger partial charge in [-0.25, -0.2) is 0 Å². The Labute approximate surface area is 127 Å². The van der Waals surface area contributed by atoms with Gasteiger partial charge in [-0.15, -0.1) is 0 Å². The number of carbonyl (C=O) groups excluding carboxylic acids is 1. The number of ether oxygens (including phenoxy) is 1. The second-order valence-electron chi connectivity index (χ2n) is 6.09. The molecule has 1 aromatic rings. The molecule has 4 heteroatoms. The molecule has 1 aliphatic rings. The maximum absolute atomic E-state index is 12.1. The molecule has 1 fully saturated rings. The zero-order chi connectivity index (χ0) is 15.3. The van der Waals surface area contributed by atoms with Crippen LogP contribution in [0.4, 0.5) is 0 Å². The maximum atomic E-state index is 12.1. The van der Waals surface area contributed by atoms with Crippen molar-refractivity contribution in [1.29, 1.82) is 0 Å². The van der Waals surface area contributed by atoms with Crippen LogP contribution in [0.3, 0.4) is 0 Å². The Balaban J connectivity index is 2.12. The third-order valence-electron chi connectivity index (χ3n) is 4.54. The molecular weight excluding hydrogens is 264 g/mol. The Morgan fingerprint density at radius 2 is 2.10 bits per heavy atom. The van der Waals surface area contributed by atoms with E-state index in [1.165, 1.54) is 12.8 Å². The van der Waals surface area contributed by atoms with E-state index in [0.717, 1.165) is 18.4 Å². The standard InChI is InChI=1S/C17H26N2O2/c1-13-7-6-10-15(11-13)21-12-17(19-2,16(18)20)14-8-4-3-5-9-14/h3-5,8-9,13,15,19H,6-7,10-12H2,1-2H3,(H2,18,20). The third kappa shape index (κ3) is 3.63. The van der Waals surface area contributed by atoms with Gasteiger partial charge < -0.3 is 15.8 Å². The predicted octanol–water partition coefficient (Wildman–Crippen LogP) is 2.18. The fraction of sp³-hybridized carbons (Fsp3) is 0.588. The highest BCUT2D eigenvalue weighted by Crippen LogP contribution is 2.28. The minimum atomic E-state index is -0.956. The Bertz CT molecular complexity index is 463. The number of rotatable bonds is 6. The van der Waals surface area contributed by atoms with Crippen molar-refractivity contribution in [2.24, 2.45) is 11.7 Å². The molecule has 116 valence electrons. The van der Waals surface area contributed by atoms with Crippen LogP contribution in [0.2, 0.25) is 0 Å². The summed E-state index contributed by atoms with van der Waals surface area (Å²) in [4.78, 5) is 12.1. The van der Waals surface area contributed by atoms with E-state index in [1.807, 2.05) is 30.3 Å². The van der Waals surface area contributed by atoms with Crippen LogP contribution in [0.25, 0.3) is 0 Å². The van der Waals surface area contributed by atoms with Gasteiger partial charge in [-0.05, 0) is 31.4 Å². The summed E-state index contributed by atoms with van der Waals surface area (Å²) < 4.78 is 6.06. The van der Waals surface area contributed by atoms with E-state index in [1.54, 1.807) is 7.05 Å². The molecule has 0 aliphatic heterocycles. The molecule has 0 heterocycles. The van der Waals surface area contributed by atoms with Crippen LogP contribution in [0.5, 0.6) is 0 Å². The van der Waals surface area contributed by atoms with E-state index in [2.05, 4.69) is 12.2 Å². The lowest BCUT2D eigenvalue weighted by Gasteiger charge is -2.34. The van der Waals surface area contributed by atoms with Gasteiger partial charge in [-0.2, -0.15) is 0 Å². The number of benzene rings is 1. The van der Waals surface area contributed by atoms with E-state index in [4.69, 9.17) is 10.5 Å². The average molecular weight is 290 g/mol. The van der Waals surface area contributed by atoms with Crippen molar-refractivity contribution in [3.8, 4) is 0 Å². The van der Waals surface area contributed by atoms with Crippen molar-refractivity contribution in [1.82, 2.24) is 5.32 Å². The summed E-state index contributed by atoms with van der Waals surface area (Å²) in [5.74, 6) is 0.290. The van der Waals surface area contributed by atoms with Gasteiger partial charge >= 0.3 is 0 Å². The van der Waals surface area contributed by atoms with Crippen LogP contribution in [0, 0.1) is 5.92 Å². The average Bonchev–Trinajstić information content (AvgIpc) is 2.49. The molecule has 1 aromatic carbocycles. The Hall–Kier alpha value is -1.39. The number of nitrogens with two attached hydrogens (primary N) is 1. The Kier molecular flexibility index (Phi) is 5.37. The normalized spacial score (nSPS) is 25.2. The third-order valence-corrected chi connectivity index (χ3v) is 4.54. The summed E-state index contributed by atoms with van der Waals surface area (Å²) in [6, 6.07) is 9.57. The molecule has 3 atom stereocenters. The summed E-state index contributed by atoms with van der Waals surface area (Å²) in [7, 11) is 1.75. The summed E-state index contributed by atoms with van der Waals surface area (Å²) in [5.41, 5.74) is 5.57. The largest absolute Gasteiger partial charge is 0.375 e. The van der Waals surface area contributed by atoms with Crippen molar-refractivity contribution in [2.75, 3.05) is 13.7 Å². The van der Waals surface area contributed by atoms with Crippen molar-refractivity contribution >= 4 is 5.91 Å². The number of nitrogens with one attached hydrogen (secondary N) is 1. The Morgan fingerprint density at radius 3 is 2.67 bits per heavy atom. The predicted molar refractivity (Wildman–Crippen MR) is 83.7 cm³/mol. The van der Waals surface area contributed by atoms with Gasteiger partial charge in [0.2, 0.25) is 5.91 Å². The van der Waals surface area contributed by atoms with Crippen LogP contribution >= 0.6 is 0 Å². The molecule has 4 nitrogen and oxygen atoms in total. The van der Waals surface area contributed by atoms with Gasteiger partial charge in [0.25, 0.3) is 0 Å². The van der Waals surface area contributed by atoms with Crippen LogP contribution in [0.15, 0.2) is 30.3 Å². The van der Waals surface area contributed by atoms with Crippen LogP contribution in [0.1, 0.15) is 38.2 Å². The van der Waals surface area contributed by atoms with Crippen molar-refractivity contribution in [2.45, 2.75) is 44.2 Å². The van der Waals surface area contributed by atoms with Gasteiger partial charge in [0.05, 0.1) is 12.7 Å². The molecule has 0 aromatic heterocycles. The van der Waals surface area contributed by atoms with E-state index < -0.39 is 11.4 Å². The van der Waals surface area contributed by atoms with Crippen LogP contribution in [-0.2, 0) is 15.1 Å². The Morgan fingerprint density at radius 1 is 1.38 bits per heavy atom. The summed E-state index contributed by atoms with van der Waals surface area (Å²) in [6.45, 7) is 2.53. The SMILES string of the molecule is CNC(COC1CCCC(C)C1)(C(N)=O)c1ccccc1. The fourth-order valence-corrected chi connectivity index (χ4v) is 3.13.